The third-order valence-electron chi connectivity index (χ3n) is 2.20. The van der Waals surface area contributed by atoms with Gasteiger partial charge < -0.3 is 0 Å². The first-order valence-electron chi connectivity index (χ1n) is 5.09. The van der Waals surface area contributed by atoms with Gasteiger partial charge in [-0.1, -0.05) is 35.5 Å². The molecule has 0 N–H and O–H groups in total. The quantitative estimate of drug-likeness (QED) is 0.637. The van der Waals surface area contributed by atoms with Gasteiger partial charge in [-0.05, 0) is 18.2 Å². The standard InChI is InChI=1S/C12H6ClN3O2S/c13-8-3-1-2-4-11(8)19-12-6-5-10(16(17)18)9(7-14)15-12/h1-6H. The van der Waals surface area contributed by atoms with Gasteiger partial charge in [-0.15, -0.1) is 0 Å². The van der Waals surface area contributed by atoms with E-state index in [4.69, 9.17) is 16.9 Å². The van der Waals surface area contributed by atoms with Crippen LogP contribution >= 0.6 is 23.4 Å². The van der Waals surface area contributed by atoms with Gasteiger partial charge in [0.25, 0.3) is 0 Å². The van der Waals surface area contributed by atoms with Gasteiger partial charge in [-0.2, -0.15) is 5.26 Å². The number of nitriles is 1. The van der Waals surface area contributed by atoms with Crippen molar-refractivity contribution in [1.29, 1.82) is 5.26 Å². The monoisotopic (exact) mass is 291 g/mol. The van der Waals surface area contributed by atoms with Crippen molar-refractivity contribution in [2.75, 3.05) is 0 Å². The summed E-state index contributed by atoms with van der Waals surface area (Å²) in [5, 5.41) is 20.6. The highest BCUT2D eigenvalue weighted by Crippen LogP contribution is 2.33. The van der Waals surface area contributed by atoms with E-state index in [1.54, 1.807) is 18.2 Å². The molecule has 94 valence electrons. The molecule has 0 saturated heterocycles. The lowest BCUT2D eigenvalue weighted by atomic mass is 10.3. The molecule has 5 nitrogen and oxygen atoms in total. The van der Waals surface area contributed by atoms with Crippen LogP contribution in [0.1, 0.15) is 5.69 Å². The lowest BCUT2D eigenvalue weighted by molar-refractivity contribution is -0.385. The Balaban J connectivity index is 2.36. The van der Waals surface area contributed by atoms with Gasteiger partial charge in [0, 0.05) is 11.0 Å². The molecular formula is C12H6ClN3O2S. The Kier molecular flexibility index (Phi) is 4.00. The third-order valence-corrected chi connectivity index (χ3v) is 3.66. The predicted molar refractivity (Wildman–Crippen MR) is 71.2 cm³/mol. The molecule has 0 unspecified atom stereocenters. The molecule has 1 heterocycles. The highest BCUT2D eigenvalue weighted by Gasteiger charge is 2.16. The van der Waals surface area contributed by atoms with Crippen LogP contribution in [-0.4, -0.2) is 9.91 Å². The topological polar surface area (TPSA) is 79.8 Å². The van der Waals surface area contributed by atoms with E-state index in [1.807, 2.05) is 12.1 Å². The molecule has 0 aliphatic rings. The molecule has 0 amide bonds. The largest absolute Gasteiger partial charge is 0.305 e. The summed E-state index contributed by atoms with van der Waals surface area (Å²) < 4.78 is 0. The second-order valence-corrected chi connectivity index (χ2v) is 4.89. The molecule has 0 saturated carbocycles. The number of benzene rings is 1. The molecule has 0 radical (unpaired) electrons. The van der Waals surface area contributed by atoms with Gasteiger partial charge in [-0.3, -0.25) is 10.1 Å². The van der Waals surface area contributed by atoms with Crippen LogP contribution in [-0.2, 0) is 0 Å². The number of nitrogens with zero attached hydrogens (tertiary/aromatic N) is 3. The Bertz CT molecular complexity index is 685. The van der Waals surface area contributed by atoms with Crippen molar-refractivity contribution in [3.8, 4) is 6.07 Å². The first kappa shape index (κ1) is 13.3. The van der Waals surface area contributed by atoms with Crippen LogP contribution in [0.15, 0.2) is 46.3 Å². The van der Waals surface area contributed by atoms with E-state index >= 15 is 0 Å². The molecule has 0 spiro atoms. The summed E-state index contributed by atoms with van der Waals surface area (Å²) in [6.07, 6.45) is 0. The van der Waals surface area contributed by atoms with Gasteiger partial charge in [0.1, 0.15) is 11.1 Å². The van der Waals surface area contributed by atoms with Crippen molar-refractivity contribution in [3.63, 3.8) is 0 Å². The lowest BCUT2D eigenvalue weighted by Gasteiger charge is -2.03. The van der Waals surface area contributed by atoms with Crippen molar-refractivity contribution >= 4 is 29.1 Å². The molecule has 1 aromatic carbocycles. The highest BCUT2D eigenvalue weighted by atomic mass is 35.5. The number of pyridine rings is 1. The molecule has 0 aliphatic heterocycles. The van der Waals surface area contributed by atoms with Crippen LogP contribution < -0.4 is 0 Å². The number of nitro groups is 1. The summed E-state index contributed by atoms with van der Waals surface area (Å²) in [6.45, 7) is 0. The minimum atomic E-state index is -0.629. The maximum Gasteiger partial charge on any atom is 0.305 e. The van der Waals surface area contributed by atoms with Gasteiger partial charge >= 0.3 is 5.69 Å². The molecule has 0 bridgehead atoms. The number of aromatic nitrogens is 1. The molecule has 1 aromatic heterocycles. The number of hydrogen-bond donors (Lipinski definition) is 0. The van der Waals surface area contributed by atoms with Crippen LogP contribution in [0, 0.1) is 21.4 Å². The minimum absolute atomic E-state index is 0.206. The zero-order valence-electron chi connectivity index (χ0n) is 9.41. The highest BCUT2D eigenvalue weighted by molar-refractivity contribution is 7.99. The van der Waals surface area contributed by atoms with Gasteiger partial charge in [0.05, 0.1) is 9.95 Å². The molecule has 2 aromatic rings. The number of rotatable bonds is 3. The van der Waals surface area contributed by atoms with Crippen LogP contribution in [0.4, 0.5) is 5.69 Å². The molecule has 2 rings (SSSR count). The van der Waals surface area contributed by atoms with E-state index < -0.39 is 4.92 Å². The normalized spacial score (nSPS) is 9.89. The van der Waals surface area contributed by atoms with E-state index in [1.165, 1.54) is 23.9 Å². The Morgan fingerprint density at radius 3 is 2.68 bits per heavy atom. The van der Waals surface area contributed by atoms with Crippen molar-refractivity contribution in [1.82, 2.24) is 4.98 Å². The Labute approximate surface area is 118 Å². The zero-order chi connectivity index (χ0) is 13.8. The van der Waals surface area contributed by atoms with Crippen LogP contribution in [0.25, 0.3) is 0 Å². The fourth-order valence-corrected chi connectivity index (χ4v) is 2.42. The van der Waals surface area contributed by atoms with Crippen LogP contribution in [0.2, 0.25) is 5.02 Å². The second-order valence-electron chi connectivity index (χ2n) is 3.42. The fraction of sp³-hybridized carbons (Fsp3) is 0. The Morgan fingerprint density at radius 1 is 1.32 bits per heavy atom. The summed E-state index contributed by atoms with van der Waals surface area (Å²) in [5.74, 6) is 0. The summed E-state index contributed by atoms with van der Waals surface area (Å²) in [5.41, 5.74) is -0.506. The Hall–Kier alpha value is -2.10. The maximum atomic E-state index is 10.7. The first-order valence-corrected chi connectivity index (χ1v) is 6.29. The van der Waals surface area contributed by atoms with Gasteiger partial charge in [-0.25, -0.2) is 4.98 Å². The van der Waals surface area contributed by atoms with E-state index in [9.17, 15) is 10.1 Å². The van der Waals surface area contributed by atoms with Gasteiger partial charge in [0.15, 0.2) is 0 Å². The summed E-state index contributed by atoms with van der Waals surface area (Å²) in [6, 6.07) is 11.7. The van der Waals surface area contributed by atoms with E-state index in [0.717, 1.165) is 4.90 Å². The van der Waals surface area contributed by atoms with Crippen LogP contribution in [0.3, 0.4) is 0 Å². The maximum absolute atomic E-state index is 10.7. The van der Waals surface area contributed by atoms with Gasteiger partial charge in [0.2, 0.25) is 5.69 Å². The average Bonchev–Trinajstić information content (AvgIpc) is 2.41. The van der Waals surface area contributed by atoms with Crippen molar-refractivity contribution in [2.24, 2.45) is 0 Å². The van der Waals surface area contributed by atoms with Crippen molar-refractivity contribution < 1.29 is 4.92 Å². The lowest BCUT2D eigenvalue weighted by Crippen LogP contribution is -1.95. The number of halogens is 1. The van der Waals surface area contributed by atoms with E-state index in [0.29, 0.717) is 10.0 Å². The molecule has 0 atom stereocenters. The summed E-state index contributed by atoms with van der Waals surface area (Å²) in [7, 11) is 0. The Morgan fingerprint density at radius 2 is 2.05 bits per heavy atom. The molecule has 0 fully saturated rings. The number of hydrogen-bond acceptors (Lipinski definition) is 5. The van der Waals surface area contributed by atoms with Crippen molar-refractivity contribution in [2.45, 2.75) is 9.92 Å². The second kappa shape index (κ2) is 5.69. The third kappa shape index (κ3) is 3.02. The minimum Gasteiger partial charge on any atom is -0.258 e. The summed E-state index contributed by atoms with van der Waals surface area (Å²) in [4.78, 5) is 14.8. The van der Waals surface area contributed by atoms with Crippen molar-refractivity contribution in [3.05, 3.63) is 57.2 Å². The molecule has 0 aliphatic carbocycles. The molecule has 7 heteroatoms. The fourth-order valence-electron chi connectivity index (χ4n) is 1.36. The predicted octanol–water partition coefficient (Wildman–Crippen LogP) is 3.67. The molecular weight excluding hydrogens is 286 g/mol. The first-order chi connectivity index (χ1) is 9.11. The molecule has 19 heavy (non-hydrogen) atoms. The smallest absolute Gasteiger partial charge is 0.258 e. The van der Waals surface area contributed by atoms with Crippen LogP contribution in [0.5, 0.6) is 0 Å². The van der Waals surface area contributed by atoms with E-state index in [2.05, 4.69) is 4.98 Å². The zero-order valence-corrected chi connectivity index (χ0v) is 11.0. The van der Waals surface area contributed by atoms with E-state index in [-0.39, 0.29) is 11.4 Å². The SMILES string of the molecule is N#Cc1nc(Sc2ccccc2Cl)ccc1[N+](=O)[O-]. The summed E-state index contributed by atoms with van der Waals surface area (Å²) >= 11 is 7.26. The average molecular weight is 292 g/mol.